The summed E-state index contributed by atoms with van der Waals surface area (Å²) in [7, 11) is 0. The highest BCUT2D eigenvalue weighted by molar-refractivity contribution is 5.90. The third kappa shape index (κ3) is 3.17. The van der Waals surface area contributed by atoms with Crippen LogP contribution in [-0.4, -0.2) is 40.3 Å². The lowest BCUT2D eigenvalue weighted by Crippen LogP contribution is -2.48. The van der Waals surface area contributed by atoms with Crippen LogP contribution in [0.15, 0.2) is 24.3 Å². The van der Waals surface area contributed by atoms with Gasteiger partial charge in [-0.3, -0.25) is 9.59 Å². The standard InChI is InChI=1S/C15H20N2O3/c1-10(18)14-3-2-8-17(14)15(20)13(16)9-11-4-6-12(19)7-5-11/h4-7,13-14,19H,2-3,8-9,16H2,1H3. The van der Waals surface area contributed by atoms with Gasteiger partial charge in [0.15, 0.2) is 5.78 Å². The first kappa shape index (κ1) is 14.5. The normalized spacial score (nSPS) is 19.9. The molecule has 1 aliphatic heterocycles. The summed E-state index contributed by atoms with van der Waals surface area (Å²) >= 11 is 0. The second kappa shape index (κ2) is 6.05. The highest BCUT2D eigenvalue weighted by Crippen LogP contribution is 2.20. The summed E-state index contributed by atoms with van der Waals surface area (Å²) in [5.41, 5.74) is 6.86. The van der Waals surface area contributed by atoms with Gasteiger partial charge in [0.25, 0.3) is 0 Å². The van der Waals surface area contributed by atoms with E-state index in [0.29, 0.717) is 13.0 Å². The Labute approximate surface area is 118 Å². The summed E-state index contributed by atoms with van der Waals surface area (Å²) in [5.74, 6) is 0.0355. The SMILES string of the molecule is CC(=O)C1CCCN1C(=O)C(N)Cc1ccc(O)cc1. The van der Waals surface area contributed by atoms with Gasteiger partial charge in [0.1, 0.15) is 5.75 Å². The highest BCUT2D eigenvalue weighted by Gasteiger charge is 2.34. The van der Waals surface area contributed by atoms with Gasteiger partial charge in [0.05, 0.1) is 12.1 Å². The minimum absolute atomic E-state index is 0.0210. The van der Waals surface area contributed by atoms with E-state index in [-0.39, 0.29) is 23.5 Å². The number of Topliss-reactive ketones (excluding diaryl/α,β-unsaturated/α-hetero) is 1. The van der Waals surface area contributed by atoms with Crippen LogP contribution in [0.5, 0.6) is 5.75 Å². The van der Waals surface area contributed by atoms with E-state index in [2.05, 4.69) is 0 Å². The first-order valence-electron chi connectivity index (χ1n) is 6.83. The third-order valence-electron chi connectivity index (χ3n) is 3.71. The molecule has 2 rings (SSSR count). The number of ketones is 1. The molecule has 5 heteroatoms. The van der Waals surface area contributed by atoms with Gasteiger partial charge in [-0.05, 0) is 43.9 Å². The molecule has 2 unspecified atom stereocenters. The molecule has 3 N–H and O–H groups in total. The second-order valence-corrected chi connectivity index (χ2v) is 5.28. The fourth-order valence-corrected chi connectivity index (χ4v) is 2.64. The molecule has 2 atom stereocenters. The quantitative estimate of drug-likeness (QED) is 0.853. The number of nitrogens with zero attached hydrogens (tertiary/aromatic N) is 1. The molecule has 5 nitrogen and oxygen atoms in total. The molecular formula is C15H20N2O3. The fraction of sp³-hybridized carbons (Fsp3) is 0.467. The van der Waals surface area contributed by atoms with Crippen LogP contribution in [-0.2, 0) is 16.0 Å². The Morgan fingerprint density at radius 3 is 2.65 bits per heavy atom. The first-order valence-corrected chi connectivity index (χ1v) is 6.83. The van der Waals surface area contributed by atoms with Crippen molar-refractivity contribution in [3.8, 4) is 5.75 Å². The maximum Gasteiger partial charge on any atom is 0.240 e. The summed E-state index contributed by atoms with van der Waals surface area (Å²) in [4.78, 5) is 25.5. The summed E-state index contributed by atoms with van der Waals surface area (Å²) in [5, 5.41) is 9.22. The molecule has 20 heavy (non-hydrogen) atoms. The molecule has 0 saturated carbocycles. The van der Waals surface area contributed by atoms with Gasteiger partial charge in [-0.15, -0.1) is 0 Å². The number of phenols is 1. The van der Waals surface area contributed by atoms with Crippen molar-refractivity contribution in [3.05, 3.63) is 29.8 Å². The van der Waals surface area contributed by atoms with Crippen LogP contribution in [0, 0.1) is 0 Å². The van der Waals surface area contributed by atoms with Crippen molar-refractivity contribution < 1.29 is 14.7 Å². The zero-order valence-corrected chi connectivity index (χ0v) is 11.6. The molecule has 0 aromatic heterocycles. The van der Waals surface area contributed by atoms with E-state index in [4.69, 9.17) is 5.73 Å². The average Bonchev–Trinajstić information content (AvgIpc) is 2.90. The van der Waals surface area contributed by atoms with Gasteiger partial charge < -0.3 is 15.7 Å². The number of amides is 1. The van der Waals surface area contributed by atoms with E-state index < -0.39 is 6.04 Å². The lowest BCUT2D eigenvalue weighted by Gasteiger charge is -2.25. The summed E-state index contributed by atoms with van der Waals surface area (Å²) in [6, 6.07) is 5.67. The van der Waals surface area contributed by atoms with Gasteiger partial charge in [-0.1, -0.05) is 12.1 Å². The number of phenolic OH excluding ortho intramolecular Hbond substituents is 1. The molecule has 0 radical (unpaired) electrons. The van der Waals surface area contributed by atoms with Crippen molar-refractivity contribution in [1.82, 2.24) is 4.90 Å². The smallest absolute Gasteiger partial charge is 0.240 e. The maximum absolute atomic E-state index is 12.3. The summed E-state index contributed by atoms with van der Waals surface area (Å²) in [6.45, 7) is 2.12. The molecule has 108 valence electrons. The highest BCUT2D eigenvalue weighted by atomic mass is 16.3. The zero-order valence-electron chi connectivity index (χ0n) is 11.6. The van der Waals surface area contributed by atoms with Gasteiger partial charge in [0, 0.05) is 6.54 Å². The van der Waals surface area contributed by atoms with Crippen molar-refractivity contribution in [2.24, 2.45) is 5.73 Å². The number of rotatable bonds is 4. The van der Waals surface area contributed by atoms with Crippen LogP contribution >= 0.6 is 0 Å². The Morgan fingerprint density at radius 2 is 2.05 bits per heavy atom. The number of likely N-dealkylation sites (tertiary alicyclic amines) is 1. The topological polar surface area (TPSA) is 83.6 Å². The van der Waals surface area contributed by atoms with Crippen molar-refractivity contribution in [2.45, 2.75) is 38.3 Å². The molecule has 0 spiro atoms. The van der Waals surface area contributed by atoms with Crippen molar-refractivity contribution in [1.29, 1.82) is 0 Å². The molecule has 1 aromatic carbocycles. The van der Waals surface area contributed by atoms with E-state index in [0.717, 1.165) is 18.4 Å². The van der Waals surface area contributed by atoms with Crippen LogP contribution in [0.1, 0.15) is 25.3 Å². The van der Waals surface area contributed by atoms with Crippen molar-refractivity contribution >= 4 is 11.7 Å². The average molecular weight is 276 g/mol. The molecule has 1 fully saturated rings. The van der Waals surface area contributed by atoms with E-state index in [1.807, 2.05) is 0 Å². The van der Waals surface area contributed by atoms with Gasteiger partial charge in [-0.2, -0.15) is 0 Å². The van der Waals surface area contributed by atoms with Gasteiger partial charge >= 0.3 is 0 Å². The predicted molar refractivity (Wildman–Crippen MR) is 75.2 cm³/mol. The number of carbonyl (C=O) groups excluding carboxylic acids is 2. The van der Waals surface area contributed by atoms with E-state index in [1.54, 1.807) is 29.2 Å². The zero-order chi connectivity index (χ0) is 14.7. The van der Waals surface area contributed by atoms with Crippen LogP contribution in [0.4, 0.5) is 0 Å². The Hall–Kier alpha value is -1.88. The molecule has 1 aliphatic rings. The number of carbonyl (C=O) groups is 2. The van der Waals surface area contributed by atoms with Gasteiger partial charge in [0.2, 0.25) is 5.91 Å². The second-order valence-electron chi connectivity index (χ2n) is 5.28. The van der Waals surface area contributed by atoms with Crippen LogP contribution in [0.2, 0.25) is 0 Å². The monoisotopic (exact) mass is 276 g/mol. The van der Waals surface area contributed by atoms with Crippen molar-refractivity contribution in [2.75, 3.05) is 6.54 Å². The molecule has 0 bridgehead atoms. The minimum Gasteiger partial charge on any atom is -0.508 e. The van der Waals surface area contributed by atoms with Crippen LogP contribution in [0.25, 0.3) is 0 Å². The predicted octanol–water partition coefficient (Wildman–Crippen LogP) is 0.842. The summed E-state index contributed by atoms with van der Waals surface area (Å²) < 4.78 is 0. The van der Waals surface area contributed by atoms with E-state index in [1.165, 1.54) is 6.92 Å². The van der Waals surface area contributed by atoms with E-state index in [9.17, 15) is 14.7 Å². The van der Waals surface area contributed by atoms with Crippen molar-refractivity contribution in [3.63, 3.8) is 0 Å². The third-order valence-corrected chi connectivity index (χ3v) is 3.71. The van der Waals surface area contributed by atoms with E-state index >= 15 is 0 Å². The molecule has 1 amide bonds. The Kier molecular flexibility index (Phi) is 4.39. The Balaban J connectivity index is 2.01. The molecule has 1 aromatic rings. The maximum atomic E-state index is 12.3. The molecule has 1 saturated heterocycles. The molecule has 0 aliphatic carbocycles. The molecular weight excluding hydrogens is 256 g/mol. The first-order chi connectivity index (χ1) is 9.49. The number of aromatic hydroxyl groups is 1. The lowest BCUT2D eigenvalue weighted by molar-refractivity contribution is -0.138. The fourth-order valence-electron chi connectivity index (χ4n) is 2.64. The lowest BCUT2D eigenvalue weighted by atomic mass is 10.0. The number of hydrogen-bond donors (Lipinski definition) is 2. The van der Waals surface area contributed by atoms with Crippen LogP contribution in [0.3, 0.4) is 0 Å². The van der Waals surface area contributed by atoms with Gasteiger partial charge in [-0.25, -0.2) is 0 Å². The Bertz CT molecular complexity index is 498. The number of benzene rings is 1. The Morgan fingerprint density at radius 1 is 1.40 bits per heavy atom. The van der Waals surface area contributed by atoms with Crippen LogP contribution < -0.4 is 5.73 Å². The number of nitrogens with two attached hydrogens (primary N) is 1. The summed E-state index contributed by atoms with van der Waals surface area (Å²) in [6.07, 6.45) is 1.98. The number of hydrogen-bond acceptors (Lipinski definition) is 4. The minimum atomic E-state index is -0.653. The molecule has 1 heterocycles. The largest absolute Gasteiger partial charge is 0.508 e.